The highest BCUT2D eigenvalue weighted by atomic mass is 35.5. The smallest absolute Gasteiger partial charge is 0.220 e. The Morgan fingerprint density at radius 2 is 1.96 bits per heavy atom. The number of nitrogens with one attached hydrogen (secondary N) is 1. The van der Waals surface area contributed by atoms with Crippen LogP contribution in [0.3, 0.4) is 0 Å². The second-order valence-corrected chi connectivity index (χ2v) is 6.50. The van der Waals surface area contributed by atoms with Gasteiger partial charge in [-0.2, -0.15) is 0 Å². The van der Waals surface area contributed by atoms with Gasteiger partial charge in [0.25, 0.3) is 0 Å². The Balaban J connectivity index is 0.00000264. The summed E-state index contributed by atoms with van der Waals surface area (Å²) < 4.78 is 5.32. The molecule has 1 fully saturated rings. The van der Waals surface area contributed by atoms with E-state index in [0.717, 1.165) is 31.6 Å². The Labute approximate surface area is 145 Å². The van der Waals surface area contributed by atoms with Crippen LogP contribution in [0.25, 0.3) is 0 Å². The van der Waals surface area contributed by atoms with Crippen molar-refractivity contribution in [2.45, 2.75) is 45.1 Å². The molecule has 0 spiro atoms. The van der Waals surface area contributed by atoms with Crippen LogP contribution in [0.5, 0.6) is 0 Å². The Hall–Kier alpha value is -1.10. The van der Waals surface area contributed by atoms with Crippen molar-refractivity contribution in [3.05, 3.63) is 35.4 Å². The maximum atomic E-state index is 11.9. The molecule has 2 rings (SSSR count). The first kappa shape index (κ1) is 19.9. The van der Waals surface area contributed by atoms with E-state index >= 15 is 0 Å². The zero-order valence-electron chi connectivity index (χ0n) is 14.1. The summed E-state index contributed by atoms with van der Waals surface area (Å²) in [6.45, 7) is 6.47. The molecule has 1 aliphatic heterocycles. The van der Waals surface area contributed by atoms with Crippen LogP contribution in [0, 0.1) is 5.92 Å². The predicted octanol–water partition coefficient (Wildman–Crippen LogP) is 3.16. The van der Waals surface area contributed by atoms with E-state index in [2.05, 4.69) is 43.4 Å². The molecule has 0 aliphatic carbocycles. The van der Waals surface area contributed by atoms with E-state index in [4.69, 9.17) is 10.5 Å². The number of halogens is 1. The third-order valence-electron chi connectivity index (χ3n) is 4.35. The van der Waals surface area contributed by atoms with Crippen LogP contribution in [0.4, 0.5) is 0 Å². The van der Waals surface area contributed by atoms with Gasteiger partial charge in [0.15, 0.2) is 0 Å². The summed E-state index contributed by atoms with van der Waals surface area (Å²) in [4.78, 5) is 11.9. The molecule has 2 atom stereocenters. The number of carbonyl (C=O) groups excluding carboxylic acids is 1. The van der Waals surface area contributed by atoms with E-state index in [-0.39, 0.29) is 24.4 Å². The number of ether oxygens (including phenoxy) is 1. The SMILES string of the molecule is CC(C)c1ccc(C(N)CNC(=O)CCC2CCOC2)cc1.Cl. The lowest BCUT2D eigenvalue weighted by Gasteiger charge is -2.15. The maximum absolute atomic E-state index is 11.9. The van der Waals surface area contributed by atoms with E-state index in [0.29, 0.717) is 24.8 Å². The van der Waals surface area contributed by atoms with E-state index in [9.17, 15) is 4.79 Å². The second kappa shape index (κ2) is 9.91. The van der Waals surface area contributed by atoms with Crippen molar-refractivity contribution < 1.29 is 9.53 Å². The number of carbonyl (C=O) groups is 1. The van der Waals surface area contributed by atoms with Gasteiger partial charge >= 0.3 is 0 Å². The van der Waals surface area contributed by atoms with Crippen LogP contribution in [-0.4, -0.2) is 25.7 Å². The molecular formula is C18H29ClN2O2. The van der Waals surface area contributed by atoms with Crippen LogP contribution in [0.1, 0.15) is 56.2 Å². The molecular weight excluding hydrogens is 312 g/mol. The summed E-state index contributed by atoms with van der Waals surface area (Å²) in [6.07, 6.45) is 2.55. The van der Waals surface area contributed by atoms with Gasteiger partial charge < -0.3 is 15.8 Å². The molecule has 23 heavy (non-hydrogen) atoms. The summed E-state index contributed by atoms with van der Waals surface area (Å²) in [5.41, 5.74) is 8.52. The second-order valence-electron chi connectivity index (χ2n) is 6.50. The molecule has 0 bridgehead atoms. The van der Waals surface area contributed by atoms with E-state index in [1.54, 1.807) is 0 Å². The number of benzene rings is 1. The third-order valence-corrected chi connectivity index (χ3v) is 4.35. The molecule has 1 aromatic rings. The Bertz CT molecular complexity index is 470. The highest BCUT2D eigenvalue weighted by molar-refractivity contribution is 5.85. The van der Waals surface area contributed by atoms with Gasteiger partial charge in [0.1, 0.15) is 0 Å². The standard InChI is InChI=1S/C18H28N2O2.ClH/c1-13(2)15-4-6-16(7-5-15)17(19)11-20-18(21)8-3-14-9-10-22-12-14;/h4-7,13-14,17H,3,8-12,19H2,1-2H3,(H,20,21);1H. The van der Waals surface area contributed by atoms with E-state index in [1.807, 2.05) is 0 Å². The zero-order valence-corrected chi connectivity index (χ0v) is 14.9. The van der Waals surface area contributed by atoms with Crippen molar-refractivity contribution in [3.8, 4) is 0 Å². The van der Waals surface area contributed by atoms with E-state index < -0.39 is 0 Å². The minimum absolute atomic E-state index is 0. The fourth-order valence-electron chi connectivity index (χ4n) is 2.70. The van der Waals surface area contributed by atoms with E-state index in [1.165, 1.54) is 5.56 Å². The minimum atomic E-state index is -0.153. The topological polar surface area (TPSA) is 64.3 Å². The van der Waals surface area contributed by atoms with Gasteiger partial charge in [-0.05, 0) is 35.8 Å². The molecule has 0 aromatic heterocycles. The van der Waals surface area contributed by atoms with Crippen molar-refractivity contribution in [1.82, 2.24) is 5.32 Å². The van der Waals surface area contributed by atoms with Crippen LogP contribution < -0.4 is 11.1 Å². The number of hydrogen-bond acceptors (Lipinski definition) is 3. The number of hydrogen-bond donors (Lipinski definition) is 2. The molecule has 1 aromatic carbocycles. The Kier molecular flexibility index (Phi) is 8.59. The van der Waals surface area contributed by atoms with Gasteiger partial charge in [0.2, 0.25) is 5.91 Å². The van der Waals surface area contributed by atoms with Crippen molar-refractivity contribution in [2.75, 3.05) is 19.8 Å². The van der Waals surface area contributed by atoms with Gasteiger partial charge in [0, 0.05) is 32.2 Å². The monoisotopic (exact) mass is 340 g/mol. The van der Waals surface area contributed by atoms with Gasteiger partial charge in [-0.3, -0.25) is 4.79 Å². The molecule has 4 nitrogen and oxygen atoms in total. The summed E-state index contributed by atoms with van der Waals surface area (Å²) in [6, 6.07) is 8.19. The number of nitrogens with two attached hydrogens (primary N) is 1. The molecule has 1 aliphatic rings. The summed E-state index contributed by atoms with van der Waals surface area (Å²) in [5.74, 6) is 1.15. The largest absolute Gasteiger partial charge is 0.381 e. The molecule has 130 valence electrons. The summed E-state index contributed by atoms with van der Waals surface area (Å²) in [7, 11) is 0. The van der Waals surface area contributed by atoms with Crippen molar-refractivity contribution in [2.24, 2.45) is 11.7 Å². The Morgan fingerprint density at radius 3 is 2.52 bits per heavy atom. The summed E-state index contributed by atoms with van der Waals surface area (Å²) >= 11 is 0. The highest BCUT2D eigenvalue weighted by Gasteiger charge is 2.17. The number of amides is 1. The van der Waals surface area contributed by atoms with Crippen molar-refractivity contribution in [1.29, 1.82) is 0 Å². The lowest BCUT2D eigenvalue weighted by atomic mass is 9.99. The average Bonchev–Trinajstić information content (AvgIpc) is 3.04. The van der Waals surface area contributed by atoms with Gasteiger partial charge in [-0.15, -0.1) is 12.4 Å². The fraction of sp³-hybridized carbons (Fsp3) is 0.611. The molecule has 5 heteroatoms. The fourth-order valence-corrected chi connectivity index (χ4v) is 2.70. The van der Waals surface area contributed by atoms with Gasteiger partial charge in [-0.1, -0.05) is 38.1 Å². The zero-order chi connectivity index (χ0) is 15.9. The van der Waals surface area contributed by atoms with Crippen LogP contribution >= 0.6 is 12.4 Å². The molecule has 0 saturated carbocycles. The normalized spacial score (nSPS) is 18.5. The molecule has 2 unspecified atom stereocenters. The summed E-state index contributed by atoms with van der Waals surface area (Å²) in [5, 5.41) is 2.94. The Morgan fingerprint density at radius 1 is 1.30 bits per heavy atom. The average molecular weight is 341 g/mol. The third kappa shape index (κ3) is 6.50. The maximum Gasteiger partial charge on any atom is 0.220 e. The molecule has 1 heterocycles. The highest BCUT2D eigenvalue weighted by Crippen LogP contribution is 2.19. The first-order valence-electron chi connectivity index (χ1n) is 8.26. The quantitative estimate of drug-likeness (QED) is 0.801. The van der Waals surface area contributed by atoms with Crippen LogP contribution in [0.15, 0.2) is 24.3 Å². The molecule has 1 saturated heterocycles. The van der Waals surface area contributed by atoms with Crippen LogP contribution in [0.2, 0.25) is 0 Å². The van der Waals surface area contributed by atoms with Crippen LogP contribution in [-0.2, 0) is 9.53 Å². The molecule has 3 N–H and O–H groups in total. The first-order valence-corrected chi connectivity index (χ1v) is 8.26. The minimum Gasteiger partial charge on any atom is -0.381 e. The number of rotatable bonds is 7. The van der Waals surface area contributed by atoms with Crippen molar-refractivity contribution in [3.63, 3.8) is 0 Å². The van der Waals surface area contributed by atoms with Gasteiger partial charge in [0.05, 0.1) is 0 Å². The lowest BCUT2D eigenvalue weighted by molar-refractivity contribution is -0.121. The van der Waals surface area contributed by atoms with Crippen molar-refractivity contribution >= 4 is 18.3 Å². The predicted molar refractivity (Wildman–Crippen MR) is 95.9 cm³/mol. The first-order chi connectivity index (χ1) is 10.6. The molecule has 0 radical (unpaired) electrons. The van der Waals surface area contributed by atoms with Gasteiger partial charge in [-0.25, -0.2) is 0 Å². The lowest BCUT2D eigenvalue weighted by Crippen LogP contribution is -2.32. The molecule has 1 amide bonds.